The zero-order chi connectivity index (χ0) is 21.7. The van der Waals surface area contributed by atoms with Gasteiger partial charge in [0.05, 0.1) is 5.02 Å². The Morgan fingerprint density at radius 3 is 2.37 bits per heavy atom. The van der Waals surface area contributed by atoms with Gasteiger partial charge in [-0.2, -0.15) is 0 Å². The Kier molecular flexibility index (Phi) is 6.92. The first-order valence-electron chi connectivity index (χ1n) is 9.48. The highest BCUT2D eigenvalue weighted by Crippen LogP contribution is 2.26. The summed E-state index contributed by atoms with van der Waals surface area (Å²) in [5.41, 5.74) is 9.76. The van der Waals surface area contributed by atoms with Gasteiger partial charge in [0, 0.05) is 30.2 Å². The summed E-state index contributed by atoms with van der Waals surface area (Å²) in [5, 5.41) is 2.74. The summed E-state index contributed by atoms with van der Waals surface area (Å²) < 4.78 is 13.4. The van der Waals surface area contributed by atoms with E-state index in [1.165, 1.54) is 18.2 Å². The number of likely N-dealkylation sites (N-methyl/N-ethyl adjacent to an activating group) is 1. The van der Waals surface area contributed by atoms with Crippen LogP contribution in [0.25, 0.3) is 11.1 Å². The molecule has 0 atom stereocenters. The van der Waals surface area contributed by atoms with E-state index in [9.17, 15) is 9.18 Å². The van der Waals surface area contributed by atoms with E-state index in [2.05, 4.69) is 5.32 Å². The number of nitrogen functional groups attached to an aromatic ring is 1. The van der Waals surface area contributed by atoms with E-state index < -0.39 is 5.82 Å². The molecule has 0 saturated carbocycles. The number of hydrogen-bond donors (Lipinski definition) is 2. The molecule has 0 aliphatic rings. The van der Waals surface area contributed by atoms with Crippen LogP contribution in [0.5, 0.6) is 0 Å². The molecule has 0 aliphatic carbocycles. The van der Waals surface area contributed by atoms with Crippen molar-refractivity contribution in [1.29, 1.82) is 0 Å². The molecule has 0 radical (unpaired) electrons. The van der Waals surface area contributed by atoms with Gasteiger partial charge in [-0.3, -0.25) is 4.90 Å². The Morgan fingerprint density at radius 2 is 1.73 bits per heavy atom. The van der Waals surface area contributed by atoms with Crippen molar-refractivity contribution in [2.24, 2.45) is 0 Å². The number of carbonyl (C=O) groups is 1. The molecule has 0 bridgehead atoms. The van der Waals surface area contributed by atoms with Crippen LogP contribution in [0.4, 0.5) is 26.2 Å². The molecule has 3 N–H and O–H groups in total. The minimum Gasteiger partial charge on any atom is -0.399 e. The van der Waals surface area contributed by atoms with E-state index in [0.29, 0.717) is 24.5 Å². The van der Waals surface area contributed by atoms with Crippen molar-refractivity contribution in [1.82, 2.24) is 4.90 Å². The molecule has 7 heteroatoms. The van der Waals surface area contributed by atoms with Crippen molar-refractivity contribution < 1.29 is 9.18 Å². The van der Waals surface area contributed by atoms with Gasteiger partial charge >= 0.3 is 6.03 Å². The lowest BCUT2D eigenvalue weighted by Crippen LogP contribution is -2.39. The fourth-order valence-corrected chi connectivity index (χ4v) is 3.15. The molecular weight excluding hydrogens is 403 g/mol. The fourth-order valence-electron chi connectivity index (χ4n) is 2.96. The standard InChI is InChI=1S/C23H24ClFN4O/c1-28(2)12-13-29(23(30)27-19-8-11-22(25)21(24)15-19)20-9-6-16(7-10-20)17-4-3-5-18(26)14-17/h3-11,14-15H,12-13,26H2,1-2H3,(H,27,30). The van der Waals surface area contributed by atoms with Crippen LogP contribution in [0.15, 0.2) is 66.7 Å². The summed E-state index contributed by atoms with van der Waals surface area (Å²) in [6.07, 6.45) is 0. The lowest BCUT2D eigenvalue weighted by molar-refractivity contribution is 0.256. The van der Waals surface area contributed by atoms with Gasteiger partial charge in [0.15, 0.2) is 0 Å². The molecule has 0 saturated heterocycles. The summed E-state index contributed by atoms with van der Waals surface area (Å²) in [4.78, 5) is 16.6. The van der Waals surface area contributed by atoms with Crippen LogP contribution in [-0.4, -0.2) is 38.1 Å². The Balaban J connectivity index is 1.83. The van der Waals surface area contributed by atoms with E-state index in [-0.39, 0.29) is 11.1 Å². The number of urea groups is 1. The van der Waals surface area contributed by atoms with Crippen LogP contribution >= 0.6 is 11.6 Å². The number of hydrogen-bond acceptors (Lipinski definition) is 3. The first kappa shape index (κ1) is 21.6. The van der Waals surface area contributed by atoms with Gasteiger partial charge in [-0.05, 0) is 67.7 Å². The Hall–Kier alpha value is -3.09. The second-order valence-corrected chi connectivity index (χ2v) is 7.59. The molecule has 0 aromatic heterocycles. The Morgan fingerprint density at radius 1 is 1.00 bits per heavy atom. The molecule has 0 unspecified atom stereocenters. The maximum atomic E-state index is 13.4. The van der Waals surface area contributed by atoms with Crippen molar-refractivity contribution in [3.63, 3.8) is 0 Å². The molecular formula is C23H24ClFN4O. The zero-order valence-corrected chi connectivity index (χ0v) is 17.7. The smallest absolute Gasteiger partial charge is 0.326 e. The molecule has 0 spiro atoms. The van der Waals surface area contributed by atoms with Gasteiger partial charge in [-0.1, -0.05) is 35.9 Å². The van der Waals surface area contributed by atoms with E-state index in [1.54, 1.807) is 4.90 Å². The van der Waals surface area contributed by atoms with E-state index in [4.69, 9.17) is 17.3 Å². The lowest BCUT2D eigenvalue weighted by Gasteiger charge is -2.25. The van der Waals surface area contributed by atoms with Crippen molar-refractivity contribution in [2.75, 3.05) is 43.1 Å². The first-order chi connectivity index (χ1) is 14.3. The predicted octanol–water partition coefficient (Wildman–Crippen LogP) is 5.33. The van der Waals surface area contributed by atoms with E-state index in [1.807, 2.05) is 67.5 Å². The number of nitrogens with one attached hydrogen (secondary N) is 1. The summed E-state index contributed by atoms with van der Waals surface area (Å²) in [6, 6.07) is 19.1. The van der Waals surface area contributed by atoms with Gasteiger partial charge in [0.1, 0.15) is 5.82 Å². The average Bonchev–Trinajstić information content (AvgIpc) is 2.71. The number of benzene rings is 3. The second kappa shape index (κ2) is 9.61. The molecule has 3 rings (SSSR count). The molecule has 0 aliphatic heterocycles. The number of rotatable bonds is 6. The normalized spacial score (nSPS) is 10.8. The minimum atomic E-state index is -0.531. The number of carbonyl (C=O) groups excluding carboxylic acids is 1. The first-order valence-corrected chi connectivity index (χ1v) is 9.85. The third kappa shape index (κ3) is 5.49. The van der Waals surface area contributed by atoms with Crippen molar-refractivity contribution >= 4 is 34.7 Å². The summed E-state index contributed by atoms with van der Waals surface area (Å²) in [6.45, 7) is 1.15. The fraction of sp³-hybridized carbons (Fsp3) is 0.174. The average molecular weight is 427 g/mol. The van der Waals surface area contributed by atoms with Crippen LogP contribution in [0.3, 0.4) is 0 Å². The highest BCUT2D eigenvalue weighted by molar-refractivity contribution is 6.31. The van der Waals surface area contributed by atoms with Crippen LogP contribution in [0.1, 0.15) is 0 Å². The SMILES string of the molecule is CN(C)CCN(C(=O)Nc1ccc(F)c(Cl)c1)c1ccc(-c2cccc(N)c2)cc1. The molecule has 156 valence electrons. The van der Waals surface area contributed by atoms with Gasteiger partial charge < -0.3 is 16.0 Å². The molecule has 30 heavy (non-hydrogen) atoms. The molecule has 3 aromatic carbocycles. The number of halogens is 2. The van der Waals surface area contributed by atoms with Gasteiger partial charge in [0.2, 0.25) is 0 Å². The minimum absolute atomic E-state index is 0.0425. The summed E-state index contributed by atoms with van der Waals surface area (Å²) in [5.74, 6) is -0.531. The van der Waals surface area contributed by atoms with Crippen molar-refractivity contribution in [3.8, 4) is 11.1 Å². The maximum absolute atomic E-state index is 13.4. The number of nitrogens with two attached hydrogens (primary N) is 1. The third-order valence-corrected chi connectivity index (χ3v) is 4.88. The van der Waals surface area contributed by atoms with Crippen LogP contribution in [0, 0.1) is 5.82 Å². The molecule has 2 amide bonds. The van der Waals surface area contributed by atoms with E-state index in [0.717, 1.165) is 16.8 Å². The largest absolute Gasteiger partial charge is 0.399 e. The second-order valence-electron chi connectivity index (χ2n) is 7.19. The Labute approximate surface area is 180 Å². The quantitative estimate of drug-likeness (QED) is 0.524. The number of nitrogens with zero attached hydrogens (tertiary/aromatic N) is 2. The van der Waals surface area contributed by atoms with Gasteiger partial charge in [0.25, 0.3) is 0 Å². The molecule has 5 nitrogen and oxygen atoms in total. The summed E-state index contributed by atoms with van der Waals surface area (Å²) >= 11 is 5.83. The Bertz CT molecular complexity index is 1020. The molecule has 0 heterocycles. The van der Waals surface area contributed by atoms with E-state index >= 15 is 0 Å². The van der Waals surface area contributed by atoms with Crippen LogP contribution in [0.2, 0.25) is 5.02 Å². The highest BCUT2D eigenvalue weighted by Gasteiger charge is 2.17. The monoisotopic (exact) mass is 426 g/mol. The molecule has 0 fully saturated rings. The van der Waals surface area contributed by atoms with Crippen LogP contribution < -0.4 is 16.0 Å². The van der Waals surface area contributed by atoms with Gasteiger partial charge in [-0.25, -0.2) is 9.18 Å². The summed E-state index contributed by atoms with van der Waals surface area (Å²) in [7, 11) is 3.89. The lowest BCUT2D eigenvalue weighted by atomic mass is 10.0. The van der Waals surface area contributed by atoms with Crippen molar-refractivity contribution in [2.45, 2.75) is 0 Å². The topological polar surface area (TPSA) is 61.6 Å². The maximum Gasteiger partial charge on any atom is 0.326 e. The highest BCUT2D eigenvalue weighted by atomic mass is 35.5. The zero-order valence-electron chi connectivity index (χ0n) is 16.9. The van der Waals surface area contributed by atoms with Crippen LogP contribution in [-0.2, 0) is 0 Å². The van der Waals surface area contributed by atoms with Gasteiger partial charge in [-0.15, -0.1) is 0 Å². The van der Waals surface area contributed by atoms with Crippen molar-refractivity contribution in [3.05, 3.63) is 77.6 Å². The molecule has 3 aromatic rings. The number of amides is 2. The third-order valence-electron chi connectivity index (χ3n) is 4.59. The predicted molar refractivity (Wildman–Crippen MR) is 123 cm³/mol. The number of anilines is 3.